The number of benzene rings is 1. The molecule has 0 saturated heterocycles. The zero-order chi connectivity index (χ0) is 14.2. The first-order valence-corrected chi connectivity index (χ1v) is 7.80. The number of carbonyl (C=O) groups is 1. The summed E-state index contributed by atoms with van der Waals surface area (Å²) in [6, 6.07) is 5.24. The number of aliphatic carboxylic acids is 1. The standard InChI is InChI=1S/C13H17NO4S/c1-9(2)10-3-4-11-12(7-10)19(17,18)6-5-14(11)8-13(15)16/h3-4,7,9H,5-6,8H2,1-2H3,(H,15,16). The Kier molecular flexibility index (Phi) is 3.54. The van der Waals surface area contributed by atoms with Gasteiger partial charge in [-0.15, -0.1) is 0 Å². The molecule has 0 fully saturated rings. The van der Waals surface area contributed by atoms with Gasteiger partial charge in [-0.1, -0.05) is 19.9 Å². The molecule has 1 aromatic rings. The van der Waals surface area contributed by atoms with Gasteiger partial charge in [0.2, 0.25) is 0 Å². The summed E-state index contributed by atoms with van der Waals surface area (Å²) in [6.45, 7) is 4.03. The van der Waals surface area contributed by atoms with Crippen LogP contribution in [0.4, 0.5) is 5.69 Å². The molecule has 0 radical (unpaired) electrons. The lowest BCUT2D eigenvalue weighted by molar-refractivity contribution is -0.135. The number of hydrogen-bond acceptors (Lipinski definition) is 4. The summed E-state index contributed by atoms with van der Waals surface area (Å²) in [5.74, 6) is -0.761. The first-order valence-electron chi connectivity index (χ1n) is 6.14. The Morgan fingerprint density at radius 1 is 1.42 bits per heavy atom. The molecule has 6 heteroatoms. The molecule has 0 aliphatic carbocycles. The minimum atomic E-state index is -3.30. The average molecular weight is 283 g/mol. The van der Waals surface area contributed by atoms with Crippen LogP contribution in [0.2, 0.25) is 0 Å². The summed E-state index contributed by atoms with van der Waals surface area (Å²) < 4.78 is 24.2. The monoisotopic (exact) mass is 283 g/mol. The first kappa shape index (κ1) is 13.9. The van der Waals surface area contributed by atoms with Crippen LogP contribution in [0.15, 0.2) is 23.1 Å². The van der Waals surface area contributed by atoms with E-state index in [9.17, 15) is 13.2 Å². The second-order valence-electron chi connectivity index (χ2n) is 5.02. The van der Waals surface area contributed by atoms with Crippen LogP contribution in [-0.4, -0.2) is 38.3 Å². The van der Waals surface area contributed by atoms with Gasteiger partial charge in [0.15, 0.2) is 9.84 Å². The quantitative estimate of drug-likeness (QED) is 0.909. The molecule has 0 aromatic heterocycles. The highest BCUT2D eigenvalue weighted by molar-refractivity contribution is 7.91. The minimum Gasteiger partial charge on any atom is -0.480 e. The number of nitrogens with zero attached hydrogens (tertiary/aromatic N) is 1. The van der Waals surface area contributed by atoms with Gasteiger partial charge < -0.3 is 10.0 Å². The molecule has 1 heterocycles. The molecule has 0 amide bonds. The number of hydrogen-bond donors (Lipinski definition) is 1. The maximum atomic E-state index is 12.1. The molecule has 5 nitrogen and oxygen atoms in total. The van der Waals surface area contributed by atoms with Crippen LogP contribution in [0.1, 0.15) is 25.3 Å². The van der Waals surface area contributed by atoms with Gasteiger partial charge >= 0.3 is 5.97 Å². The highest BCUT2D eigenvalue weighted by Gasteiger charge is 2.29. The summed E-state index contributed by atoms with van der Waals surface area (Å²) in [4.78, 5) is 12.7. The van der Waals surface area contributed by atoms with Crippen LogP contribution in [-0.2, 0) is 14.6 Å². The van der Waals surface area contributed by atoms with Crippen LogP contribution in [0, 0.1) is 0 Å². The van der Waals surface area contributed by atoms with E-state index in [2.05, 4.69) is 0 Å². The van der Waals surface area contributed by atoms with Crippen LogP contribution in [0.5, 0.6) is 0 Å². The number of sulfone groups is 1. The summed E-state index contributed by atoms with van der Waals surface area (Å²) in [5.41, 5.74) is 1.44. The van der Waals surface area contributed by atoms with Gasteiger partial charge in [0.05, 0.1) is 16.3 Å². The van der Waals surface area contributed by atoms with Crippen LogP contribution in [0.25, 0.3) is 0 Å². The maximum absolute atomic E-state index is 12.1. The van der Waals surface area contributed by atoms with Crippen molar-refractivity contribution < 1.29 is 18.3 Å². The highest BCUT2D eigenvalue weighted by Crippen LogP contribution is 2.33. The molecule has 1 N–H and O–H groups in total. The number of carboxylic acid groups (broad SMARTS) is 1. The van der Waals surface area contributed by atoms with E-state index in [1.807, 2.05) is 19.9 Å². The molecule has 0 atom stereocenters. The van der Waals surface area contributed by atoms with E-state index in [0.29, 0.717) is 5.69 Å². The minimum absolute atomic E-state index is 0.0329. The second-order valence-corrected chi connectivity index (χ2v) is 7.09. The van der Waals surface area contributed by atoms with Crippen molar-refractivity contribution in [1.82, 2.24) is 0 Å². The number of anilines is 1. The normalized spacial score (nSPS) is 17.3. The molecule has 19 heavy (non-hydrogen) atoms. The molecule has 104 valence electrons. The van der Waals surface area contributed by atoms with Crippen molar-refractivity contribution >= 4 is 21.5 Å². The SMILES string of the molecule is CC(C)c1ccc2c(c1)S(=O)(=O)CCN2CC(=O)O. The first-order chi connectivity index (χ1) is 8.81. The fraction of sp³-hybridized carbons (Fsp3) is 0.462. The van der Waals surface area contributed by atoms with Crippen LogP contribution < -0.4 is 4.90 Å². The zero-order valence-electron chi connectivity index (χ0n) is 11.0. The molecular weight excluding hydrogens is 266 g/mol. The predicted octanol–water partition coefficient (Wildman–Crippen LogP) is 1.49. The van der Waals surface area contributed by atoms with E-state index in [-0.39, 0.29) is 29.7 Å². The molecule has 2 rings (SSSR count). The Hall–Kier alpha value is -1.56. The van der Waals surface area contributed by atoms with Crippen molar-refractivity contribution in [3.05, 3.63) is 23.8 Å². The van der Waals surface area contributed by atoms with Gasteiger partial charge in [-0.2, -0.15) is 0 Å². The van der Waals surface area contributed by atoms with E-state index in [1.54, 1.807) is 17.0 Å². The van der Waals surface area contributed by atoms with Crippen molar-refractivity contribution in [1.29, 1.82) is 0 Å². The Labute approximate surface area is 112 Å². The van der Waals surface area contributed by atoms with Gasteiger partial charge in [0, 0.05) is 6.54 Å². The Balaban J connectivity index is 2.52. The van der Waals surface area contributed by atoms with Gasteiger partial charge in [-0.25, -0.2) is 8.42 Å². The molecule has 0 unspecified atom stereocenters. The lowest BCUT2D eigenvalue weighted by Gasteiger charge is -2.30. The molecule has 0 bridgehead atoms. The van der Waals surface area contributed by atoms with E-state index in [4.69, 9.17) is 5.11 Å². The summed E-state index contributed by atoms with van der Waals surface area (Å²) >= 11 is 0. The number of carboxylic acids is 1. The van der Waals surface area contributed by atoms with Crippen molar-refractivity contribution in [3.8, 4) is 0 Å². The maximum Gasteiger partial charge on any atom is 0.323 e. The smallest absolute Gasteiger partial charge is 0.323 e. The van der Waals surface area contributed by atoms with Gasteiger partial charge in [0.1, 0.15) is 6.54 Å². The van der Waals surface area contributed by atoms with E-state index in [1.165, 1.54) is 0 Å². The van der Waals surface area contributed by atoms with Crippen molar-refractivity contribution in [2.45, 2.75) is 24.7 Å². The number of fused-ring (bicyclic) bond motifs is 1. The molecular formula is C13H17NO4S. The van der Waals surface area contributed by atoms with E-state index in [0.717, 1.165) is 5.56 Å². The average Bonchev–Trinajstić information content (AvgIpc) is 2.32. The topological polar surface area (TPSA) is 74.7 Å². The van der Waals surface area contributed by atoms with Crippen molar-refractivity contribution in [2.24, 2.45) is 0 Å². The lowest BCUT2D eigenvalue weighted by Crippen LogP contribution is -2.38. The molecule has 0 spiro atoms. The molecule has 0 saturated carbocycles. The molecule has 1 aliphatic heterocycles. The van der Waals surface area contributed by atoms with Crippen molar-refractivity contribution in [2.75, 3.05) is 23.7 Å². The van der Waals surface area contributed by atoms with Gasteiger partial charge in [0.25, 0.3) is 0 Å². The highest BCUT2D eigenvalue weighted by atomic mass is 32.2. The number of rotatable bonds is 3. The Morgan fingerprint density at radius 2 is 2.11 bits per heavy atom. The summed E-state index contributed by atoms with van der Waals surface area (Å²) in [7, 11) is -3.30. The van der Waals surface area contributed by atoms with Crippen LogP contribution in [0.3, 0.4) is 0 Å². The third-order valence-corrected chi connectivity index (χ3v) is 5.00. The Morgan fingerprint density at radius 3 is 2.68 bits per heavy atom. The third kappa shape index (κ3) is 2.73. The predicted molar refractivity (Wildman–Crippen MR) is 72.4 cm³/mol. The molecule has 1 aliphatic rings. The second kappa shape index (κ2) is 4.85. The zero-order valence-corrected chi connectivity index (χ0v) is 11.8. The fourth-order valence-corrected chi connectivity index (χ4v) is 3.70. The Bertz CT molecular complexity index is 607. The summed E-state index contributed by atoms with van der Waals surface area (Å²) in [6.07, 6.45) is 0. The van der Waals surface area contributed by atoms with E-state index >= 15 is 0 Å². The fourth-order valence-electron chi connectivity index (χ4n) is 2.19. The lowest BCUT2D eigenvalue weighted by atomic mass is 10.0. The van der Waals surface area contributed by atoms with E-state index < -0.39 is 15.8 Å². The summed E-state index contributed by atoms with van der Waals surface area (Å²) in [5, 5.41) is 8.87. The molecule has 1 aromatic carbocycles. The van der Waals surface area contributed by atoms with Crippen LogP contribution >= 0.6 is 0 Å². The van der Waals surface area contributed by atoms with Gasteiger partial charge in [-0.3, -0.25) is 4.79 Å². The van der Waals surface area contributed by atoms with Gasteiger partial charge in [-0.05, 0) is 23.6 Å². The van der Waals surface area contributed by atoms with Crippen molar-refractivity contribution in [3.63, 3.8) is 0 Å². The largest absolute Gasteiger partial charge is 0.480 e. The third-order valence-electron chi connectivity index (χ3n) is 3.28.